The van der Waals surface area contributed by atoms with Crippen LogP contribution in [0.15, 0.2) is 0 Å². The van der Waals surface area contributed by atoms with E-state index in [1.54, 1.807) is 14.1 Å². The van der Waals surface area contributed by atoms with Gasteiger partial charge in [-0.05, 0) is 12.8 Å². The second kappa shape index (κ2) is 4.62. The Balaban J connectivity index is 2.18. The molecule has 2 fully saturated rings. The predicted octanol–water partition coefficient (Wildman–Crippen LogP) is -0.922. The molecule has 0 unspecified atom stereocenters. The highest BCUT2D eigenvalue weighted by atomic mass is 32.3. The summed E-state index contributed by atoms with van der Waals surface area (Å²) in [4.78, 5) is 26.6. The fourth-order valence-corrected chi connectivity index (χ4v) is 2.77. The molecule has 2 aliphatic rings. The lowest BCUT2D eigenvalue weighted by molar-refractivity contribution is -0.134. The van der Waals surface area contributed by atoms with Gasteiger partial charge in [0.15, 0.2) is 0 Å². The zero-order valence-corrected chi connectivity index (χ0v) is 11.3. The van der Waals surface area contributed by atoms with E-state index in [4.69, 9.17) is 4.55 Å². The molecule has 0 aromatic heterocycles. The number of carbonyl (C=O) groups is 2. The van der Waals surface area contributed by atoms with Crippen LogP contribution in [0.4, 0.5) is 4.79 Å². The summed E-state index contributed by atoms with van der Waals surface area (Å²) in [6.45, 7) is 0.207. The first kappa shape index (κ1) is 14.0. The summed E-state index contributed by atoms with van der Waals surface area (Å²) in [7, 11) is -1.58. The van der Waals surface area contributed by atoms with Crippen molar-refractivity contribution in [2.45, 2.75) is 24.9 Å². The molecule has 0 aromatic carbocycles. The van der Waals surface area contributed by atoms with Crippen molar-refractivity contribution in [3.05, 3.63) is 0 Å². The molecule has 9 nitrogen and oxygen atoms in total. The number of hydrogen-bond acceptors (Lipinski definition) is 5. The number of nitrogens with zero attached hydrogens (tertiary/aromatic N) is 3. The van der Waals surface area contributed by atoms with Gasteiger partial charge in [0.1, 0.15) is 6.04 Å². The van der Waals surface area contributed by atoms with Gasteiger partial charge in [-0.25, -0.2) is 4.79 Å². The third-order valence-electron chi connectivity index (χ3n) is 3.22. The van der Waals surface area contributed by atoms with Crippen LogP contribution < -0.4 is 0 Å². The molecule has 2 aliphatic heterocycles. The summed E-state index contributed by atoms with van der Waals surface area (Å²) < 4.78 is 34.3. The second-order valence-corrected chi connectivity index (χ2v) is 5.75. The Morgan fingerprint density at radius 1 is 1.42 bits per heavy atom. The first-order chi connectivity index (χ1) is 8.70. The van der Waals surface area contributed by atoms with Gasteiger partial charge in [0.25, 0.3) is 0 Å². The summed E-state index contributed by atoms with van der Waals surface area (Å²) in [6, 6.07) is -1.81. The van der Waals surface area contributed by atoms with Gasteiger partial charge in [0.2, 0.25) is 5.91 Å². The van der Waals surface area contributed by atoms with Gasteiger partial charge in [0.05, 0.1) is 6.04 Å². The molecule has 0 spiro atoms. The lowest BCUT2D eigenvalue weighted by Crippen LogP contribution is -2.49. The quantitative estimate of drug-likeness (QED) is 0.674. The molecule has 2 bridgehead atoms. The van der Waals surface area contributed by atoms with Crippen LogP contribution in [-0.4, -0.2) is 72.5 Å². The third-order valence-corrected chi connectivity index (χ3v) is 3.57. The molecule has 3 amide bonds. The largest absolute Gasteiger partial charge is 0.418 e. The molecule has 0 saturated carbocycles. The summed E-state index contributed by atoms with van der Waals surface area (Å²) in [5.41, 5.74) is 0. The molecule has 2 saturated heterocycles. The van der Waals surface area contributed by atoms with Crippen molar-refractivity contribution >= 4 is 22.3 Å². The number of fused-ring (bicyclic) bond motifs is 2. The smallest absolute Gasteiger partial charge is 0.347 e. The monoisotopic (exact) mass is 293 g/mol. The van der Waals surface area contributed by atoms with Gasteiger partial charge in [-0.3, -0.25) is 9.35 Å². The predicted molar refractivity (Wildman–Crippen MR) is 62.1 cm³/mol. The molecule has 10 heteroatoms. The molecular formula is C9H15N3O6S. The van der Waals surface area contributed by atoms with E-state index in [2.05, 4.69) is 4.28 Å². The van der Waals surface area contributed by atoms with Crippen molar-refractivity contribution in [3.8, 4) is 0 Å². The van der Waals surface area contributed by atoms with E-state index in [1.165, 1.54) is 9.80 Å². The average Bonchev–Trinajstić information content (AvgIpc) is 2.52. The van der Waals surface area contributed by atoms with Crippen LogP contribution >= 0.6 is 0 Å². The van der Waals surface area contributed by atoms with Gasteiger partial charge in [-0.2, -0.15) is 13.5 Å². The minimum Gasteiger partial charge on any atom is -0.347 e. The highest BCUT2D eigenvalue weighted by Gasteiger charge is 2.49. The Morgan fingerprint density at radius 3 is 2.58 bits per heavy atom. The molecule has 0 aromatic rings. The van der Waals surface area contributed by atoms with Crippen LogP contribution in [0.5, 0.6) is 0 Å². The van der Waals surface area contributed by atoms with Crippen LogP contribution in [0, 0.1) is 0 Å². The average molecular weight is 293 g/mol. The van der Waals surface area contributed by atoms with Crippen molar-refractivity contribution in [1.29, 1.82) is 0 Å². The summed E-state index contributed by atoms with van der Waals surface area (Å²) >= 11 is 0. The number of hydrogen-bond donors (Lipinski definition) is 1. The molecule has 19 heavy (non-hydrogen) atoms. The second-order valence-electron chi connectivity index (χ2n) is 4.74. The number of piperidine rings is 1. The molecule has 1 N–H and O–H groups in total. The highest BCUT2D eigenvalue weighted by molar-refractivity contribution is 7.80. The minimum absolute atomic E-state index is 0.207. The third kappa shape index (κ3) is 2.65. The van der Waals surface area contributed by atoms with E-state index in [9.17, 15) is 18.0 Å². The van der Waals surface area contributed by atoms with Crippen molar-refractivity contribution in [3.63, 3.8) is 0 Å². The fourth-order valence-electron chi connectivity index (χ4n) is 2.39. The number of rotatable bonds is 3. The van der Waals surface area contributed by atoms with Crippen molar-refractivity contribution in [1.82, 2.24) is 14.9 Å². The van der Waals surface area contributed by atoms with E-state index < -0.39 is 28.5 Å². The Hall–Kier alpha value is -1.39. The molecular weight excluding hydrogens is 278 g/mol. The topological polar surface area (TPSA) is 107 Å². The van der Waals surface area contributed by atoms with E-state index in [-0.39, 0.29) is 12.5 Å². The van der Waals surface area contributed by atoms with Crippen molar-refractivity contribution < 1.29 is 26.8 Å². The summed E-state index contributed by atoms with van der Waals surface area (Å²) in [6.07, 6.45) is 0.862. The zero-order chi connectivity index (χ0) is 14.4. The van der Waals surface area contributed by atoms with Gasteiger partial charge >= 0.3 is 16.4 Å². The number of likely N-dealkylation sites (N-methyl/N-ethyl adjacent to an activating group) is 1. The molecule has 0 radical (unpaired) electrons. The SMILES string of the molecule is CN(C)C(=O)[C@@H]1CC[C@H]2CN1C(=O)N2OS(=O)(=O)O. The van der Waals surface area contributed by atoms with Gasteiger partial charge in [-0.15, -0.1) is 4.28 Å². The summed E-state index contributed by atoms with van der Waals surface area (Å²) in [5.74, 6) is -0.222. The van der Waals surface area contributed by atoms with E-state index in [0.717, 1.165) is 0 Å². The maximum atomic E-state index is 12.0. The molecule has 2 rings (SSSR count). The Kier molecular flexibility index (Phi) is 3.41. The highest BCUT2D eigenvalue weighted by Crippen LogP contribution is 2.31. The van der Waals surface area contributed by atoms with E-state index in [1.807, 2.05) is 0 Å². The Morgan fingerprint density at radius 2 is 2.05 bits per heavy atom. The van der Waals surface area contributed by atoms with Crippen LogP contribution in [-0.2, 0) is 19.5 Å². The summed E-state index contributed by atoms with van der Waals surface area (Å²) in [5, 5.41) is 0.623. The maximum absolute atomic E-state index is 12.0. The maximum Gasteiger partial charge on any atom is 0.418 e. The minimum atomic E-state index is -4.75. The van der Waals surface area contributed by atoms with Crippen LogP contribution in [0.3, 0.4) is 0 Å². The number of hydroxylamine groups is 2. The Labute approximate surface area is 110 Å². The van der Waals surface area contributed by atoms with Gasteiger partial charge < -0.3 is 9.80 Å². The normalized spacial score (nSPS) is 26.8. The van der Waals surface area contributed by atoms with Crippen LogP contribution in [0.2, 0.25) is 0 Å². The van der Waals surface area contributed by atoms with E-state index in [0.29, 0.717) is 17.9 Å². The van der Waals surface area contributed by atoms with Gasteiger partial charge in [-0.1, -0.05) is 0 Å². The number of carbonyl (C=O) groups excluding carboxylic acids is 2. The molecule has 0 aliphatic carbocycles. The van der Waals surface area contributed by atoms with Crippen LogP contribution in [0.1, 0.15) is 12.8 Å². The number of urea groups is 1. The Bertz CT molecular complexity index is 504. The molecule has 108 valence electrons. The van der Waals surface area contributed by atoms with E-state index >= 15 is 0 Å². The lowest BCUT2D eigenvalue weighted by Gasteiger charge is -2.31. The molecule has 2 heterocycles. The lowest BCUT2D eigenvalue weighted by atomic mass is 10.00. The van der Waals surface area contributed by atoms with Gasteiger partial charge in [0, 0.05) is 20.6 Å². The standard InChI is InChI=1S/C9H15N3O6S/c1-10(2)8(13)7-4-3-6-5-11(7)9(14)12(6)18-19(15,16)17/h6-7H,3-5H2,1-2H3,(H,15,16,17)/t6-,7-/m0/s1. The van der Waals surface area contributed by atoms with Crippen LogP contribution in [0.25, 0.3) is 0 Å². The first-order valence-electron chi connectivity index (χ1n) is 5.68. The number of amides is 3. The van der Waals surface area contributed by atoms with Crippen molar-refractivity contribution in [2.75, 3.05) is 20.6 Å². The fraction of sp³-hybridized carbons (Fsp3) is 0.778. The molecule has 2 atom stereocenters. The zero-order valence-electron chi connectivity index (χ0n) is 10.5. The first-order valence-corrected chi connectivity index (χ1v) is 7.05. The van der Waals surface area contributed by atoms with Crippen molar-refractivity contribution in [2.24, 2.45) is 0 Å².